The highest BCUT2D eigenvalue weighted by atomic mass is 19.1. The molecule has 0 fully saturated rings. The molecule has 1 aromatic carbocycles. The number of halogens is 2. The smallest absolute Gasteiger partial charge is 0.220 e. The number of aliphatic imine (C=N–C) groups is 1. The van der Waals surface area contributed by atoms with Crippen molar-refractivity contribution in [2.24, 2.45) is 10.7 Å². The molecule has 0 saturated heterocycles. The lowest BCUT2D eigenvalue weighted by atomic mass is 9.85. The quantitative estimate of drug-likeness (QED) is 0.730. The summed E-state index contributed by atoms with van der Waals surface area (Å²) in [6, 6.07) is 7.70. The molecule has 1 unspecified atom stereocenters. The molecule has 2 N–H and O–H groups in total. The molecule has 1 aliphatic rings. The summed E-state index contributed by atoms with van der Waals surface area (Å²) < 4.78 is 30.3. The first kappa shape index (κ1) is 15.4. The number of hydrogen-bond donors (Lipinski definition) is 1. The van der Waals surface area contributed by atoms with Crippen LogP contribution in [0.3, 0.4) is 0 Å². The second-order valence-electron chi connectivity index (χ2n) is 6.21. The Morgan fingerprint density at radius 3 is 2.88 bits per heavy atom. The van der Waals surface area contributed by atoms with Crippen molar-refractivity contribution in [3.63, 3.8) is 0 Å². The van der Waals surface area contributed by atoms with Gasteiger partial charge in [-0.3, -0.25) is 4.57 Å². The molecular weight excluding hydrogens is 324 g/mol. The zero-order chi connectivity index (χ0) is 17.6. The lowest BCUT2D eigenvalue weighted by molar-refractivity contribution is 0.441. The van der Waals surface area contributed by atoms with Crippen LogP contribution in [0, 0.1) is 11.8 Å². The molecule has 4 rings (SSSR count). The molecule has 2 aromatic heterocycles. The van der Waals surface area contributed by atoms with E-state index in [0.717, 1.165) is 5.69 Å². The minimum absolute atomic E-state index is 0.249. The molecule has 3 heterocycles. The van der Waals surface area contributed by atoms with E-state index in [9.17, 15) is 8.78 Å². The fraction of sp³-hybridized carbons (Fsp3) is 0.167. The summed E-state index contributed by atoms with van der Waals surface area (Å²) >= 11 is 0. The Morgan fingerprint density at radius 1 is 1.24 bits per heavy atom. The number of rotatable bonds is 2. The topological polar surface area (TPSA) is 69.1 Å². The van der Waals surface area contributed by atoms with Crippen LogP contribution in [0.1, 0.15) is 18.2 Å². The van der Waals surface area contributed by atoms with Crippen molar-refractivity contribution in [2.45, 2.75) is 18.9 Å². The summed E-state index contributed by atoms with van der Waals surface area (Å²) in [7, 11) is 0. The van der Waals surface area contributed by atoms with Crippen molar-refractivity contribution in [1.82, 2.24) is 14.5 Å². The van der Waals surface area contributed by atoms with Crippen LogP contribution in [0.25, 0.3) is 11.1 Å². The average Bonchev–Trinajstić information content (AvgIpc) is 3.04. The Labute approximate surface area is 142 Å². The predicted molar refractivity (Wildman–Crippen MR) is 89.9 cm³/mol. The van der Waals surface area contributed by atoms with E-state index in [1.54, 1.807) is 42.2 Å². The third-order valence-electron chi connectivity index (χ3n) is 4.47. The summed E-state index contributed by atoms with van der Waals surface area (Å²) in [6.45, 7) is 1.80. The zero-order valence-electron chi connectivity index (χ0n) is 13.4. The maximum Gasteiger partial charge on any atom is 0.220 e. The van der Waals surface area contributed by atoms with E-state index >= 15 is 0 Å². The van der Waals surface area contributed by atoms with E-state index in [1.165, 1.54) is 18.3 Å². The van der Waals surface area contributed by atoms with Crippen molar-refractivity contribution in [3.8, 4) is 11.1 Å². The first-order valence-corrected chi connectivity index (χ1v) is 7.76. The van der Waals surface area contributed by atoms with Gasteiger partial charge in [-0.15, -0.1) is 0 Å². The molecule has 25 heavy (non-hydrogen) atoms. The molecule has 0 bridgehead atoms. The van der Waals surface area contributed by atoms with Crippen molar-refractivity contribution in [1.29, 1.82) is 0 Å². The normalized spacial score (nSPS) is 19.4. The summed E-state index contributed by atoms with van der Waals surface area (Å²) in [5.41, 5.74) is 7.14. The van der Waals surface area contributed by atoms with Gasteiger partial charge < -0.3 is 5.73 Å². The van der Waals surface area contributed by atoms with E-state index in [-0.39, 0.29) is 5.96 Å². The molecule has 0 spiro atoms. The number of hydrogen-bond acceptors (Lipinski definition) is 4. The van der Waals surface area contributed by atoms with Gasteiger partial charge in [0.1, 0.15) is 12.1 Å². The van der Waals surface area contributed by atoms with Crippen LogP contribution >= 0.6 is 0 Å². The van der Waals surface area contributed by atoms with E-state index in [2.05, 4.69) is 15.0 Å². The van der Waals surface area contributed by atoms with E-state index < -0.39 is 17.3 Å². The monoisotopic (exact) mass is 339 g/mol. The summed E-state index contributed by atoms with van der Waals surface area (Å²) in [4.78, 5) is 12.2. The van der Waals surface area contributed by atoms with Gasteiger partial charge in [0.2, 0.25) is 11.9 Å². The first-order chi connectivity index (χ1) is 12.0. The van der Waals surface area contributed by atoms with Crippen LogP contribution in [-0.4, -0.2) is 20.5 Å². The van der Waals surface area contributed by atoms with Crippen molar-refractivity contribution < 1.29 is 8.78 Å². The van der Waals surface area contributed by atoms with Gasteiger partial charge in [0, 0.05) is 35.6 Å². The Bertz CT molecular complexity index is 995. The highest BCUT2D eigenvalue weighted by Gasteiger charge is 2.35. The van der Waals surface area contributed by atoms with Gasteiger partial charge in [0.05, 0.1) is 5.54 Å². The molecule has 126 valence electrons. The number of benzene rings is 1. The maximum atomic E-state index is 14.6. The van der Waals surface area contributed by atoms with Crippen LogP contribution in [0.4, 0.5) is 8.78 Å². The third kappa shape index (κ3) is 2.48. The second-order valence-corrected chi connectivity index (χ2v) is 6.21. The minimum atomic E-state index is -0.904. The van der Waals surface area contributed by atoms with Gasteiger partial charge in [0.15, 0.2) is 0 Å². The zero-order valence-corrected chi connectivity index (χ0v) is 13.4. The summed E-state index contributed by atoms with van der Waals surface area (Å²) in [5, 5.41) is 0. The maximum absolute atomic E-state index is 14.6. The highest BCUT2D eigenvalue weighted by molar-refractivity contribution is 5.82. The highest BCUT2D eigenvalue weighted by Crippen LogP contribution is 2.36. The van der Waals surface area contributed by atoms with Crippen LogP contribution in [0.2, 0.25) is 0 Å². The van der Waals surface area contributed by atoms with E-state index in [0.29, 0.717) is 23.1 Å². The summed E-state index contributed by atoms with van der Waals surface area (Å²) in [5.74, 6) is -0.770. The number of nitrogens with two attached hydrogens (primary N) is 1. The Balaban J connectivity index is 1.85. The molecule has 0 aliphatic carbocycles. The van der Waals surface area contributed by atoms with Crippen molar-refractivity contribution >= 4 is 5.96 Å². The Hall–Kier alpha value is -3.09. The first-order valence-electron chi connectivity index (χ1n) is 7.76. The van der Waals surface area contributed by atoms with Gasteiger partial charge >= 0.3 is 0 Å². The van der Waals surface area contributed by atoms with Crippen LogP contribution < -0.4 is 5.73 Å². The fourth-order valence-corrected chi connectivity index (χ4v) is 3.22. The average molecular weight is 339 g/mol. The molecule has 0 saturated carbocycles. The third-order valence-corrected chi connectivity index (χ3v) is 4.47. The second kappa shape index (κ2) is 5.47. The van der Waals surface area contributed by atoms with Gasteiger partial charge in [0.25, 0.3) is 0 Å². The van der Waals surface area contributed by atoms with Crippen LogP contribution in [0.15, 0.2) is 54.0 Å². The van der Waals surface area contributed by atoms with Crippen molar-refractivity contribution in [3.05, 3.63) is 72.1 Å². The molecule has 0 amide bonds. The van der Waals surface area contributed by atoms with E-state index in [1.807, 2.05) is 0 Å². The van der Waals surface area contributed by atoms with Gasteiger partial charge in [-0.1, -0.05) is 6.07 Å². The molecule has 1 aliphatic heterocycles. The SMILES string of the molecule is CC1(c2cc(-c3cccnc3F)ccc2F)Cc2cncn2C(N)=N1. The van der Waals surface area contributed by atoms with Crippen LogP contribution in [0.5, 0.6) is 0 Å². The lowest BCUT2D eigenvalue weighted by Gasteiger charge is -2.31. The predicted octanol–water partition coefficient (Wildman–Crippen LogP) is 2.86. The van der Waals surface area contributed by atoms with E-state index in [4.69, 9.17) is 5.73 Å². The summed E-state index contributed by atoms with van der Waals surface area (Å²) in [6.07, 6.45) is 5.06. The fourth-order valence-electron chi connectivity index (χ4n) is 3.22. The van der Waals surface area contributed by atoms with Gasteiger partial charge in [-0.05, 0) is 36.8 Å². The number of nitrogens with zero attached hydrogens (tertiary/aromatic N) is 4. The molecule has 3 aromatic rings. The lowest BCUT2D eigenvalue weighted by Crippen LogP contribution is -2.37. The minimum Gasteiger partial charge on any atom is -0.369 e. The van der Waals surface area contributed by atoms with Gasteiger partial charge in [-0.25, -0.2) is 19.4 Å². The number of fused-ring (bicyclic) bond motifs is 1. The molecule has 1 atom stereocenters. The van der Waals surface area contributed by atoms with Crippen LogP contribution in [-0.2, 0) is 12.0 Å². The Kier molecular flexibility index (Phi) is 3.38. The Morgan fingerprint density at radius 2 is 2.08 bits per heavy atom. The molecular formula is C18H15F2N5. The van der Waals surface area contributed by atoms with Crippen molar-refractivity contribution in [2.75, 3.05) is 0 Å². The largest absolute Gasteiger partial charge is 0.369 e. The standard InChI is InChI=1S/C18H15F2N5/c1-18(8-12-9-22-10-25(12)17(21)24-18)14-7-11(4-5-15(14)19)13-3-2-6-23-16(13)20/h2-7,9-10H,8H2,1H3,(H2,21,24). The van der Waals surface area contributed by atoms with Gasteiger partial charge in [-0.2, -0.15) is 4.39 Å². The number of aromatic nitrogens is 3. The number of imidazole rings is 1. The molecule has 5 nitrogen and oxygen atoms in total. The molecule has 0 radical (unpaired) electrons. The molecule has 7 heteroatoms. The number of pyridine rings is 1.